The number of esters is 2. The molecule has 30 heavy (non-hydrogen) atoms. The van der Waals surface area contributed by atoms with E-state index in [2.05, 4.69) is 0 Å². The zero-order chi connectivity index (χ0) is 22.1. The number of rotatable bonds is 5. The van der Waals surface area contributed by atoms with Crippen molar-refractivity contribution < 1.29 is 31.9 Å². The van der Waals surface area contributed by atoms with Gasteiger partial charge in [-0.15, -0.1) is 0 Å². The van der Waals surface area contributed by atoms with E-state index in [4.69, 9.17) is 9.47 Å². The maximum absolute atomic E-state index is 13.5. The zero-order valence-corrected chi connectivity index (χ0v) is 17.7. The molecule has 0 aliphatic heterocycles. The Hall–Kier alpha value is -2.74. The summed E-state index contributed by atoms with van der Waals surface area (Å²) in [4.78, 5) is 25.5. The van der Waals surface area contributed by atoms with Crippen LogP contribution < -0.4 is 0 Å². The fourth-order valence-electron chi connectivity index (χ4n) is 4.30. The van der Waals surface area contributed by atoms with Crippen molar-refractivity contribution in [2.45, 2.75) is 29.6 Å². The highest BCUT2D eigenvalue weighted by Crippen LogP contribution is 2.56. The molecule has 0 saturated heterocycles. The average molecular weight is 434 g/mol. The van der Waals surface area contributed by atoms with E-state index < -0.39 is 33.0 Å². The first-order chi connectivity index (χ1) is 14.1. The molecule has 0 bridgehead atoms. The van der Waals surface area contributed by atoms with E-state index in [1.54, 1.807) is 24.3 Å². The summed E-state index contributed by atoms with van der Waals surface area (Å²) < 4.78 is 46.9. The van der Waals surface area contributed by atoms with Crippen LogP contribution in [0.1, 0.15) is 35.8 Å². The Morgan fingerprint density at radius 1 is 0.867 bits per heavy atom. The van der Waals surface area contributed by atoms with Crippen LogP contribution in [0.3, 0.4) is 0 Å². The molecule has 0 spiro atoms. The van der Waals surface area contributed by atoms with Gasteiger partial charge in [-0.05, 0) is 60.1 Å². The minimum Gasteiger partial charge on any atom is -0.468 e. The number of halogens is 1. The Balaban J connectivity index is 2.10. The van der Waals surface area contributed by atoms with Gasteiger partial charge in [-0.2, -0.15) is 0 Å². The first kappa shape index (κ1) is 22.0. The third-order valence-electron chi connectivity index (χ3n) is 5.81. The van der Waals surface area contributed by atoms with Gasteiger partial charge in [-0.1, -0.05) is 24.3 Å². The number of hydrogen-bond acceptors (Lipinski definition) is 6. The molecule has 0 radical (unpaired) electrons. The molecule has 0 aromatic heterocycles. The van der Waals surface area contributed by atoms with Gasteiger partial charge in [-0.3, -0.25) is 9.59 Å². The van der Waals surface area contributed by atoms with E-state index in [1.807, 2.05) is 0 Å². The monoisotopic (exact) mass is 434 g/mol. The molecule has 3 rings (SSSR count). The number of benzene rings is 2. The summed E-state index contributed by atoms with van der Waals surface area (Å²) in [5.41, 5.74) is 0.0394. The molecule has 1 aliphatic rings. The summed E-state index contributed by atoms with van der Waals surface area (Å²) in [6.45, 7) is 0. The number of ether oxygens (including phenoxy) is 2. The number of sulfone groups is 1. The molecular formula is C22H23FO6S. The molecule has 1 fully saturated rings. The Morgan fingerprint density at radius 3 is 1.63 bits per heavy atom. The van der Waals surface area contributed by atoms with Crippen LogP contribution in [0.2, 0.25) is 0 Å². The summed E-state index contributed by atoms with van der Waals surface area (Å²) in [5, 5.41) is 0. The maximum Gasteiger partial charge on any atom is 0.323 e. The standard InChI is InChI=1S/C22H23FO6S/c1-28-20(24)22(21(25)29-2)12-18(14-4-8-16(23)9-5-14)19(13-22)15-6-10-17(11-7-15)30(3,26)27/h4-11,18-19H,12-13H2,1-3H3. The summed E-state index contributed by atoms with van der Waals surface area (Å²) in [6.07, 6.45) is 1.39. The van der Waals surface area contributed by atoms with Crippen molar-refractivity contribution in [2.24, 2.45) is 5.41 Å². The molecule has 1 aliphatic carbocycles. The molecule has 0 N–H and O–H groups in total. The molecule has 160 valence electrons. The third-order valence-corrected chi connectivity index (χ3v) is 6.94. The van der Waals surface area contributed by atoms with Gasteiger partial charge in [0.1, 0.15) is 5.82 Å². The molecule has 6 nitrogen and oxygen atoms in total. The van der Waals surface area contributed by atoms with Gasteiger partial charge in [0.25, 0.3) is 0 Å². The molecule has 2 atom stereocenters. The van der Waals surface area contributed by atoms with Crippen LogP contribution in [-0.4, -0.2) is 40.8 Å². The summed E-state index contributed by atoms with van der Waals surface area (Å²) >= 11 is 0. The van der Waals surface area contributed by atoms with Gasteiger partial charge in [-0.25, -0.2) is 12.8 Å². The molecule has 2 aromatic carbocycles. The number of hydrogen-bond donors (Lipinski definition) is 0. The fraction of sp³-hybridized carbons (Fsp3) is 0.364. The van der Waals surface area contributed by atoms with Gasteiger partial charge in [0, 0.05) is 6.26 Å². The van der Waals surface area contributed by atoms with Crippen molar-refractivity contribution in [3.8, 4) is 0 Å². The van der Waals surface area contributed by atoms with Gasteiger partial charge in [0.15, 0.2) is 15.3 Å². The number of methoxy groups -OCH3 is 2. The van der Waals surface area contributed by atoms with Crippen molar-refractivity contribution in [1.82, 2.24) is 0 Å². The molecule has 8 heteroatoms. The fourth-order valence-corrected chi connectivity index (χ4v) is 4.93. The van der Waals surface area contributed by atoms with Crippen LogP contribution in [0, 0.1) is 11.2 Å². The van der Waals surface area contributed by atoms with Gasteiger partial charge in [0.05, 0.1) is 19.1 Å². The zero-order valence-electron chi connectivity index (χ0n) is 16.9. The van der Waals surface area contributed by atoms with Crippen LogP contribution in [0.5, 0.6) is 0 Å². The molecule has 0 heterocycles. The second-order valence-electron chi connectivity index (χ2n) is 7.58. The van der Waals surface area contributed by atoms with E-state index in [1.165, 1.54) is 38.5 Å². The number of carbonyl (C=O) groups is 2. The van der Waals surface area contributed by atoms with Crippen LogP contribution >= 0.6 is 0 Å². The van der Waals surface area contributed by atoms with Crippen molar-refractivity contribution in [1.29, 1.82) is 0 Å². The highest BCUT2D eigenvalue weighted by atomic mass is 32.2. The molecule has 1 saturated carbocycles. The normalized spacial score (nSPS) is 20.5. The SMILES string of the molecule is COC(=O)C1(C(=O)OC)CC(c2ccc(F)cc2)C(c2ccc(S(C)(=O)=O)cc2)C1. The smallest absolute Gasteiger partial charge is 0.323 e. The molecule has 2 aromatic rings. The summed E-state index contributed by atoms with van der Waals surface area (Å²) in [5.74, 6) is -2.36. The van der Waals surface area contributed by atoms with Gasteiger partial charge in [0.2, 0.25) is 0 Å². The summed E-state index contributed by atoms with van der Waals surface area (Å²) in [6, 6.07) is 12.3. The predicted octanol–water partition coefficient (Wildman–Crippen LogP) is 3.22. The molecular weight excluding hydrogens is 411 g/mol. The molecule has 2 unspecified atom stereocenters. The van der Waals surface area contributed by atoms with Gasteiger partial charge >= 0.3 is 11.9 Å². The Morgan fingerprint density at radius 2 is 1.27 bits per heavy atom. The minimum atomic E-state index is -3.36. The quantitative estimate of drug-likeness (QED) is 0.531. The van der Waals surface area contributed by atoms with E-state index in [-0.39, 0.29) is 29.6 Å². The average Bonchev–Trinajstić information content (AvgIpc) is 3.14. The van der Waals surface area contributed by atoms with E-state index in [0.717, 1.165) is 17.4 Å². The predicted molar refractivity (Wildman–Crippen MR) is 107 cm³/mol. The van der Waals surface area contributed by atoms with Crippen molar-refractivity contribution in [3.05, 3.63) is 65.5 Å². The van der Waals surface area contributed by atoms with Crippen LogP contribution in [-0.2, 0) is 28.9 Å². The van der Waals surface area contributed by atoms with Crippen molar-refractivity contribution in [2.75, 3.05) is 20.5 Å². The number of carbonyl (C=O) groups excluding carboxylic acids is 2. The lowest BCUT2D eigenvalue weighted by Gasteiger charge is -2.23. The first-order valence-electron chi connectivity index (χ1n) is 9.34. The Kier molecular flexibility index (Phi) is 5.99. The summed E-state index contributed by atoms with van der Waals surface area (Å²) in [7, 11) is -0.928. The second-order valence-corrected chi connectivity index (χ2v) is 9.59. The van der Waals surface area contributed by atoms with Crippen molar-refractivity contribution >= 4 is 21.8 Å². The lowest BCUT2D eigenvalue weighted by atomic mass is 9.84. The van der Waals surface area contributed by atoms with E-state index >= 15 is 0 Å². The maximum atomic E-state index is 13.5. The molecule has 0 amide bonds. The van der Waals surface area contributed by atoms with Crippen LogP contribution in [0.4, 0.5) is 4.39 Å². The highest BCUT2D eigenvalue weighted by molar-refractivity contribution is 7.90. The van der Waals surface area contributed by atoms with E-state index in [9.17, 15) is 22.4 Å². The lowest BCUT2D eigenvalue weighted by molar-refractivity contribution is -0.168. The second kappa shape index (κ2) is 8.18. The Labute approximate surface area is 174 Å². The Bertz CT molecular complexity index is 1030. The third kappa shape index (κ3) is 3.96. The topological polar surface area (TPSA) is 86.7 Å². The minimum absolute atomic E-state index is 0.132. The van der Waals surface area contributed by atoms with Crippen LogP contribution in [0.25, 0.3) is 0 Å². The first-order valence-corrected chi connectivity index (χ1v) is 11.2. The highest BCUT2D eigenvalue weighted by Gasteiger charge is 2.57. The van der Waals surface area contributed by atoms with Crippen LogP contribution in [0.15, 0.2) is 53.4 Å². The lowest BCUT2D eigenvalue weighted by Crippen LogP contribution is -2.39. The van der Waals surface area contributed by atoms with E-state index in [0.29, 0.717) is 0 Å². The van der Waals surface area contributed by atoms with Crippen molar-refractivity contribution in [3.63, 3.8) is 0 Å². The van der Waals surface area contributed by atoms with Gasteiger partial charge < -0.3 is 9.47 Å². The largest absolute Gasteiger partial charge is 0.468 e.